The molecule has 1 heterocycles. The molecular formula is C6H20O4Si4. The highest BCUT2D eigenvalue weighted by atomic mass is 28.4. The molecule has 0 saturated carbocycles. The largest absolute Gasteiger partial charge is 0.425 e. The van der Waals surface area contributed by atoms with Crippen LogP contribution in [0, 0.1) is 0 Å². The second-order valence-electron chi connectivity index (χ2n) is 3.35. The van der Waals surface area contributed by atoms with Crippen LogP contribution in [-0.2, 0) is 16.5 Å². The molecule has 0 amide bonds. The summed E-state index contributed by atoms with van der Waals surface area (Å²) in [5, 5.41) is 0. The molecule has 0 aromatic carbocycles. The normalized spacial score (nSPS) is 33.0. The summed E-state index contributed by atoms with van der Waals surface area (Å²) in [6.07, 6.45) is 2.30. The number of hydrogen-bond donors (Lipinski definition) is 0. The third-order valence-electron chi connectivity index (χ3n) is 2.03. The van der Waals surface area contributed by atoms with Gasteiger partial charge in [-0.05, 0) is 12.1 Å². The van der Waals surface area contributed by atoms with Gasteiger partial charge in [0.2, 0.25) is 0 Å². The predicted molar refractivity (Wildman–Crippen MR) is 65.9 cm³/mol. The summed E-state index contributed by atoms with van der Waals surface area (Å²) in [6, 6.07) is 2.21. The van der Waals surface area contributed by atoms with Crippen LogP contribution >= 0.6 is 0 Å². The van der Waals surface area contributed by atoms with Gasteiger partial charge >= 0.3 is 18.6 Å². The average Bonchev–Trinajstić information content (AvgIpc) is 2.13. The lowest BCUT2D eigenvalue weighted by molar-refractivity contribution is 0.309. The minimum Gasteiger partial charge on any atom is -0.425 e. The van der Waals surface area contributed by atoms with E-state index in [4.69, 9.17) is 16.5 Å². The van der Waals surface area contributed by atoms with Crippen molar-refractivity contribution in [3.8, 4) is 0 Å². The summed E-state index contributed by atoms with van der Waals surface area (Å²) >= 11 is 0. The smallest absolute Gasteiger partial charge is 0.303 e. The molecule has 1 aliphatic rings. The summed E-state index contributed by atoms with van der Waals surface area (Å²) in [6.45, 7) is 4.35. The van der Waals surface area contributed by atoms with Gasteiger partial charge in [-0.15, -0.1) is 0 Å². The first-order valence-electron chi connectivity index (χ1n) is 5.33. The highest BCUT2D eigenvalue weighted by Gasteiger charge is 2.22. The topological polar surface area (TPSA) is 36.9 Å². The molecule has 8 heteroatoms. The summed E-state index contributed by atoms with van der Waals surface area (Å²) in [5.41, 5.74) is 0. The van der Waals surface area contributed by atoms with E-state index in [9.17, 15) is 0 Å². The van der Waals surface area contributed by atoms with E-state index in [1.807, 2.05) is 0 Å². The van der Waals surface area contributed by atoms with Crippen molar-refractivity contribution in [2.24, 2.45) is 0 Å². The first-order valence-corrected chi connectivity index (χ1v) is 11.2. The molecule has 1 saturated heterocycles. The van der Waals surface area contributed by atoms with Crippen molar-refractivity contribution < 1.29 is 16.5 Å². The Hall–Kier alpha value is 0.708. The maximum Gasteiger partial charge on any atom is 0.303 e. The van der Waals surface area contributed by atoms with Crippen molar-refractivity contribution in [1.29, 1.82) is 0 Å². The zero-order chi connectivity index (χ0) is 10.2. The van der Waals surface area contributed by atoms with Crippen LogP contribution in [0.4, 0.5) is 0 Å². The number of rotatable bonds is 4. The van der Waals surface area contributed by atoms with Gasteiger partial charge in [-0.1, -0.05) is 26.7 Å². The summed E-state index contributed by atoms with van der Waals surface area (Å²) in [4.78, 5) is 0. The summed E-state index contributed by atoms with van der Waals surface area (Å²) < 4.78 is 22.9. The Morgan fingerprint density at radius 3 is 1.86 bits per heavy atom. The van der Waals surface area contributed by atoms with Gasteiger partial charge < -0.3 is 16.5 Å². The first-order chi connectivity index (χ1) is 6.86. The second-order valence-corrected chi connectivity index (χ2v) is 12.1. The quantitative estimate of drug-likeness (QED) is 0.634. The highest BCUT2D eigenvalue weighted by molar-refractivity contribution is 6.66. The van der Waals surface area contributed by atoms with Gasteiger partial charge in [-0.2, -0.15) is 0 Å². The van der Waals surface area contributed by atoms with E-state index in [-0.39, 0.29) is 0 Å². The van der Waals surface area contributed by atoms with Gasteiger partial charge in [0.1, 0.15) is 0 Å². The molecule has 0 radical (unpaired) electrons. The van der Waals surface area contributed by atoms with Crippen LogP contribution in [0.5, 0.6) is 0 Å². The lowest BCUT2D eigenvalue weighted by Crippen LogP contribution is -2.39. The summed E-state index contributed by atoms with van der Waals surface area (Å²) in [7, 11) is -4.30. The molecular weight excluding hydrogens is 248 g/mol. The van der Waals surface area contributed by atoms with Crippen molar-refractivity contribution in [2.45, 2.75) is 38.8 Å². The zero-order valence-corrected chi connectivity index (χ0v) is 14.2. The Labute approximate surface area is 94.1 Å². The molecule has 0 aromatic rings. The minimum atomic E-state index is -1.39. The molecule has 0 spiro atoms. The average molecular weight is 269 g/mol. The number of hydrogen-bond acceptors (Lipinski definition) is 4. The molecule has 0 aromatic heterocycles. The van der Waals surface area contributed by atoms with Crippen LogP contribution in [0.25, 0.3) is 0 Å². The van der Waals surface area contributed by atoms with Crippen LogP contribution < -0.4 is 0 Å². The van der Waals surface area contributed by atoms with Gasteiger partial charge in [0, 0.05) is 0 Å². The van der Waals surface area contributed by atoms with E-state index in [1.165, 1.54) is 0 Å². The molecule has 0 N–H and O–H groups in total. The van der Waals surface area contributed by atoms with Gasteiger partial charge in [-0.25, -0.2) is 0 Å². The monoisotopic (exact) mass is 268 g/mol. The zero-order valence-electron chi connectivity index (χ0n) is 9.03. The Balaban J connectivity index is 2.33. The lowest BCUT2D eigenvalue weighted by atomic mass is 10.6. The van der Waals surface area contributed by atoms with Crippen LogP contribution in [0.3, 0.4) is 0 Å². The third-order valence-corrected chi connectivity index (χ3v) is 11.9. The van der Waals surface area contributed by atoms with E-state index >= 15 is 0 Å². The maximum absolute atomic E-state index is 6.00. The Bertz CT molecular complexity index is 136. The fraction of sp³-hybridized carbons (Fsp3) is 1.00. The van der Waals surface area contributed by atoms with E-state index in [0.29, 0.717) is 0 Å². The first kappa shape index (κ1) is 12.8. The van der Waals surface area contributed by atoms with Gasteiger partial charge in [0.15, 0.2) is 0 Å². The highest BCUT2D eigenvalue weighted by Crippen LogP contribution is 2.09. The van der Waals surface area contributed by atoms with Crippen molar-refractivity contribution in [3.63, 3.8) is 0 Å². The molecule has 0 aliphatic carbocycles. The van der Waals surface area contributed by atoms with Crippen molar-refractivity contribution in [2.75, 3.05) is 0 Å². The van der Waals surface area contributed by atoms with Crippen molar-refractivity contribution in [3.05, 3.63) is 0 Å². The summed E-state index contributed by atoms with van der Waals surface area (Å²) in [5.74, 6) is 0. The molecule has 4 nitrogen and oxygen atoms in total. The molecule has 2 unspecified atom stereocenters. The molecule has 0 bridgehead atoms. The van der Waals surface area contributed by atoms with E-state index in [0.717, 1.165) is 24.9 Å². The Morgan fingerprint density at radius 2 is 1.43 bits per heavy atom. The predicted octanol–water partition coefficient (Wildman–Crippen LogP) is -0.675. The minimum absolute atomic E-state index is 0.757. The fourth-order valence-electron chi connectivity index (χ4n) is 1.30. The van der Waals surface area contributed by atoms with Crippen LogP contribution in [0.2, 0.25) is 12.1 Å². The van der Waals surface area contributed by atoms with Crippen LogP contribution in [0.15, 0.2) is 0 Å². The fourth-order valence-corrected chi connectivity index (χ4v) is 12.1. The molecule has 1 aliphatic heterocycles. The Morgan fingerprint density at radius 1 is 0.929 bits per heavy atom. The van der Waals surface area contributed by atoms with Gasteiger partial charge in [-0.3, -0.25) is 0 Å². The standard InChI is InChI=1S/C6H20O4Si4/c1-3-5-13-8-11-7-12-9-14(10-13)6-4-2/h13-14H,3-6,11-12H2,1-2H3. The third kappa shape index (κ3) is 4.98. The van der Waals surface area contributed by atoms with Crippen molar-refractivity contribution >= 4 is 38.6 Å². The van der Waals surface area contributed by atoms with Crippen molar-refractivity contribution in [1.82, 2.24) is 0 Å². The lowest BCUT2D eigenvalue weighted by Gasteiger charge is -2.26. The molecule has 2 atom stereocenters. The SMILES string of the molecule is CCC[SiH]1O[SiH2]O[SiH2]O[SiH](CCC)O1. The van der Waals surface area contributed by atoms with Gasteiger partial charge in [0.25, 0.3) is 20.0 Å². The Kier molecular flexibility index (Phi) is 7.24. The molecule has 84 valence electrons. The molecule has 1 rings (SSSR count). The maximum atomic E-state index is 6.00. The van der Waals surface area contributed by atoms with E-state index in [1.54, 1.807) is 0 Å². The van der Waals surface area contributed by atoms with Crippen LogP contribution in [0.1, 0.15) is 26.7 Å². The van der Waals surface area contributed by atoms with E-state index in [2.05, 4.69) is 13.8 Å². The second kappa shape index (κ2) is 7.93. The molecule has 1 fully saturated rings. The van der Waals surface area contributed by atoms with Gasteiger partial charge in [0.05, 0.1) is 0 Å². The van der Waals surface area contributed by atoms with Crippen LogP contribution in [-0.4, -0.2) is 38.6 Å². The van der Waals surface area contributed by atoms with E-state index < -0.39 is 38.6 Å². The molecule has 14 heavy (non-hydrogen) atoms.